The maximum Gasteiger partial charge on any atom is 0.315 e. The first-order chi connectivity index (χ1) is 11.8. The van der Waals surface area contributed by atoms with Crippen molar-refractivity contribution in [2.45, 2.75) is 26.0 Å². The van der Waals surface area contributed by atoms with Crippen LogP contribution in [0.15, 0.2) is 42.6 Å². The number of aromatic nitrogens is 1. The second kappa shape index (κ2) is 7.68. The number of ether oxygens (including phenoxy) is 2. The minimum Gasteiger partial charge on any atom is -0.488 e. The zero-order valence-corrected chi connectivity index (χ0v) is 13.6. The molecule has 0 spiro atoms. The van der Waals surface area contributed by atoms with Gasteiger partial charge in [0.05, 0.1) is 13.2 Å². The number of fused-ring (bicyclic) bond motifs is 1. The van der Waals surface area contributed by atoms with E-state index in [4.69, 9.17) is 9.47 Å². The van der Waals surface area contributed by atoms with Gasteiger partial charge in [-0.1, -0.05) is 24.3 Å². The molecule has 1 aliphatic heterocycles. The van der Waals surface area contributed by atoms with Crippen molar-refractivity contribution in [2.24, 2.45) is 0 Å². The summed E-state index contributed by atoms with van der Waals surface area (Å²) in [6.07, 6.45) is 2.46. The van der Waals surface area contributed by atoms with E-state index in [2.05, 4.69) is 15.6 Å². The number of benzene rings is 1. The van der Waals surface area contributed by atoms with E-state index in [9.17, 15) is 4.79 Å². The summed E-state index contributed by atoms with van der Waals surface area (Å²) in [6.45, 7) is 3.26. The Labute approximate surface area is 141 Å². The van der Waals surface area contributed by atoms with E-state index in [1.807, 2.05) is 43.3 Å². The van der Waals surface area contributed by atoms with Gasteiger partial charge in [0.25, 0.3) is 0 Å². The van der Waals surface area contributed by atoms with Gasteiger partial charge >= 0.3 is 6.03 Å². The van der Waals surface area contributed by atoms with Crippen LogP contribution < -0.4 is 20.1 Å². The van der Waals surface area contributed by atoms with E-state index in [0.717, 1.165) is 17.7 Å². The fourth-order valence-corrected chi connectivity index (χ4v) is 2.64. The van der Waals surface area contributed by atoms with Crippen LogP contribution in [0.2, 0.25) is 0 Å². The zero-order chi connectivity index (χ0) is 16.8. The number of hydrogen-bond acceptors (Lipinski definition) is 4. The second-order valence-electron chi connectivity index (χ2n) is 5.52. The fourth-order valence-electron chi connectivity index (χ4n) is 2.64. The van der Waals surface area contributed by atoms with Crippen molar-refractivity contribution >= 4 is 6.03 Å². The van der Waals surface area contributed by atoms with Gasteiger partial charge in [-0.05, 0) is 24.6 Å². The van der Waals surface area contributed by atoms with Gasteiger partial charge < -0.3 is 20.1 Å². The van der Waals surface area contributed by atoms with Crippen LogP contribution in [0.1, 0.15) is 18.1 Å². The largest absolute Gasteiger partial charge is 0.488 e. The fraction of sp³-hybridized carbons (Fsp3) is 0.333. The number of nitrogens with zero attached hydrogens (tertiary/aromatic N) is 1. The van der Waals surface area contributed by atoms with Gasteiger partial charge in [-0.15, -0.1) is 0 Å². The summed E-state index contributed by atoms with van der Waals surface area (Å²) in [5, 5.41) is 5.66. The molecule has 1 aromatic heterocycles. The first kappa shape index (κ1) is 16.1. The summed E-state index contributed by atoms with van der Waals surface area (Å²) in [5.41, 5.74) is 2.03. The standard InChI is InChI=1S/C18H21N3O3/c1-2-23-17-14(7-5-9-19-17)11-20-18(22)21-12-15-10-13-6-3-4-8-16(13)24-15/h3-9,15H,2,10-12H2,1H3,(H2,20,21,22). The molecule has 0 saturated carbocycles. The molecule has 0 bridgehead atoms. The average Bonchev–Trinajstić information content (AvgIpc) is 3.02. The summed E-state index contributed by atoms with van der Waals surface area (Å²) in [7, 11) is 0. The Kier molecular flexibility index (Phi) is 5.15. The summed E-state index contributed by atoms with van der Waals surface area (Å²) in [6, 6.07) is 11.4. The smallest absolute Gasteiger partial charge is 0.315 e. The summed E-state index contributed by atoms with van der Waals surface area (Å²) in [5.74, 6) is 1.45. The number of urea groups is 1. The number of carbonyl (C=O) groups is 1. The maximum absolute atomic E-state index is 12.0. The lowest BCUT2D eigenvalue weighted by Gasteiger charge is -2.13. The molecule has 6 heteroatoms. The number of hydrogen-bond donors (Lipinski definition) is 2. The molecule has 0 radical (unpaired) electrons. The Bertz CT molecular complexity index is 680. The lowest BCUT2D eigenvalue weighted by molar-refractivity contribution is 0.213. The van der Waals surface area contributed by atoms with Crippen LogP contribution in [0, 0.1) is 0 Å². The predicted molar refractivity (Wildman–Crippen MR) is 90.2 cm³/mol. The van der Waals surface area contributed by atoms with Crippen molar-refractivity contribution in [3.05, 3.63) is 53.7 Å². The Morgan fingerprint density at radius 1 is 1.29 bits per heavy atom. The van der Waals surface area contributed by atoms with Crippen molar-refractivity contribution in [1.29, 1.82) is 0 Å². The van der Waals surface area contributed by atoms with Crippen molar-refractivity contribution in [3.8, 4) is 11.6 Å². The van der Waals surface area contributed by atoms with Crippen LogP contribution in [-0.2, 0) is 13.0 Å². The SMILES string of the molecule is CCOc1ncccc1CNC(=O)NCC1Cc2ccccc2O1. The van der Waals surface area contributed by atoms with Crippen LogP contribution in [0.5, 0.6) is 11.6 Å². The van der Waals surface area contributed by atoms with Crippen LogP contribution in [0.4, 0.5) is 4.79 Å². The quantitative estimate of drug-likeness (QED) is 0.854. The van der Waals surface area contributed by atoms with Gasteiger partial charge in [0.2, 0.25) is 5.88 Å². The molecular formula is C18H21N3O3. The highest BCUT2D eigenvalue weighted by Gasteiger charge is 2.22. The molecule has 2 heterocycles. The van der Waals surface area contributed by atoms with Crippen molar-refractivity contribution in [1.82, 2.24) is 15.6 Å². The molecule has 2 N–H and O–H groups in total. The lowest BCUT2D eigenvalue weighted by atomic mass is 10.1. The Morgan fingerprint density at radius 2 is 2.17 bits per heavy atom. The van der Waals surface area contributed by atoms with E-state index >= 15 is 0 Å². The van der Waals surface area contributed by atoms with Gasteiger partial charge in [-0.2, -0.15) is 0 Å². The second-order valence-corrected chi connectivity index (χ2v) is 5.52. The van der Waals surface area contributed by atoms with Gasteiger partial charge in [0, 0.05) is 24.7 Å². The molecule has 0 saturated heterocycles. The summed E-state index contributed by atoms with van der Waals surface area (Å²) in [4.78, 5) is 16.1. The van der Waals surface area contributed by atoms with E-state index in [-0.39, 0.29) is 12.1 Å². The van der Waals surface area contributed by atoms with Crippen molar-refractivity contribution in [3.63, 3.8) is 0 Å². The van der Waals surface area contributed by atoms with E-state index in [1.165, 1.54) is 5.56 Å². The van der Waals surface area contributed by atoms with Gasteiger partial charge in [0.15, 0.2) is 0 Å². The predicted octanol–water partition coefficient (Wildman–Crippen LogP) is 2.28. The van der Waals surface area contributed by atoms with Crippen molar-refractivity contribution in [2.75, 3.05) is 13.2 Å². The number of pyridine rings is 1. The first-order valence-corrected chi connectivity index (χ1v) is 8.09. The molecule has 126 valence electrons. The van der Waals surface area contributed by atoms with Crippen LogP contribution in [-0.4, -0.2) is 30.3 Å². The topological polar surface area (TPSA) is 72.5 Å². The van der Waals surface area contributed by atoms with E-state index in [0.29, 0.717) is 25.6 Å². The number of amides is 2. The molecule has 1 aromatic carbocycles. The zero-order valence-electron chi connectivity index (χ0n) is 13.6. The van der Waals surface area contributed by atoms with Crippen LogP contribution >= 0.6 is 0 Å². The highest BCUT2D eigenvalue weighted by molar-refractivity contribution is 5.73. The molecule has 6 nitrogen and oxygen atoms in total. The van der Waals surface area contributed by atoms with Gasteiger partial charge in [0.1, 0.15) is 11.9 Å². The average molecular weight is 327 g/mol. The maximum atomic E-state index is 12.0. The molecule has 24 heavy (non-hydrogen) atoms. The van der Waals surface area contributed by atoms with E-state index < -0.39 is 0 Å². The van der Waals surface area contributed by atoms with Crippen LogP contribution in [0.3, 0.4) is 0 Å². The van der Waals surface area contributed by atoms with Gasteiger partial charge in [-0.25, -0.2) is 9.78 Å². The van der Waals surface area contributed by atoms with Crippen molar-refractivity contribution < 1.29 is 14.3 Å². The molecular weight excluding hydrogens is 306 g/mol. The third-order valence-corrected chi connectivity index (χ3v) is 3.77. The molecule has 1 atom stereocenters. The molecule has 0 aliphatic carbocycles. The number of nitrogens with one attached hydrogen (secondary N) is 2. The Balaban J connectivity index is 1.44. The van der Waals surface area contributed by atoms with Crippen LogP contribution in [0.25, 0.3) is 0 Å². The highest BCUT2D eigenvalue weighted by Crippen LogP contribution is 2.27. The number of carbonyl (C=O) groups excluding carboxylic acids is 1. The normalized spacial score (nSPS) is 15.3. The third-order valence-electron chi connectivity index (χ3n) is 3.77. The molecule has 0 fully saturated rings. The summed E-state index contributed by atoms with van der Waals surface area (Å²) < 4.78 is 11.2. The van der Waals surface area contributed by atoms with E-state index in [1.54, 1.807) is 6.20 Å². The third kappa shape index (κ3) is 3.95. The molecule has 3 rings (SSSR count). The first-order valence-electron chi connectivity index (χ1n) is 8.09. The Morgan fingerprint density at radius 3 is 3.00 bits per heavy atom. The number of para-hydroxylation sites is 1. The summed E-state index contributed by atoms with van der Waals surface area (Å²) >= 11 is 0. The molecule has 2 amide bonds. The Hall–Kier alpha value is -2.76. The minimum absolute atomic E-state index is 0.0227. The molecule has 1 unspecified atom stereocenters. The number of rotatable bonds is 6. The highest BCUT2D eigenvalue weighted by atomic mass is 16.5. The lowest BCUT2D eigenvalue weighted by Crippen LogP contribution is -2.40. The molecule has 1 aliphatic rings. The monoisotopic (exact) mass is 327 g/mol. The van der Waals surface area contributed by atoms with Gasteiger partial charge in [-0.3, -0.25) is 0 Å². The minimum atomic E-state index is -0.235. The molecule has 2 aromatic rings.